The zero-order valence-corrected chi connectivity index (χ0v) is 12.1. The van der Waals surface area contributed by atoms with Gasteiger partial charge < -0.3 is 15.4 Å². The third-order valence-electron chi connectivity index (χ3n) is 2.71. The largest absolute Gasteiger partial charge is 0.383 e. The van der Waals surface area contributed by atoms with Gasteiger partial charge in [-0.2, -0.15) is 5.26 Å². The van der Waals surface area contributed by atoms with Crippen LogP contribution in [0.3, 0.4) is 0 Å². The Hall–Kier alpha value is -2.65. The van der Waals surface area contributed by atoms with Crippen molar-refractivity contribution < 1.29 is 4.74 Å². The molecule has 0 radical (unpaired) electrons. The molecule has 0 aliphatic heterocycles. The van der Waals surface area contributed by atoms with E-state index in [1.807, 2.05) is 25.1 Å². The highest BCUT2D eigenvalue weighted by atomic mass is 16.5. The second kappa shape index (κ2) is 7.22. The van der Waals surface area contributed by atoms with Crippen molar-refractivity contribution in [2.45, 2.75) is 6.92 Å². The molecular weight excluding hydrogens is 266 g/mol. The van der Waals surface area contributed by atoms with E-state index in [0.29, 0.717) is 30.4 Å². The number of nitriles is 1. The number of anilines is 3. The maximum atomic E-state index is 8.91. The molecule has 1 aromatic carbocycles. The second-order valence-electron chi connectivity index (χ2n) is 4.42. The van der Waals surface area contributed by atoms with Gasteiger partial charge in [0.2, 0.25) is 0 Å². The lowest BCUT2D eigenvalue weighted by Crippen LogP contribution is -2.10. The SMILES string of the molecule is COCCNc1cc(Nc2cccc(C#N)c2)nc(C)n1. The number of nitrogens with one attached hydrogen (secondary N) is 2. The first-order valence-corrected chi connectivity index (χ1v) is 6.57. The number of methoxy groups -OCH3 is 1. The highest BCUT2D eigenvalue weighted by molar-refractivity contribution is 5.60. The maximum Gasteiger partial charge on any atom is 0.136 e. The topological polar surface area (TPSA) is 82.9 Å². The van der Waals surface area contributed by atoms with Crippen LogP contribution in [0.15, 0.2) is 30.3 Å². The van der Waals surface area contributed by atoms with Crippen molar-refractivity contribution in [3.63, 3.8) is 0 Å². The smallest absolute Gasteiger partial charge is 0.136 e. The van der Waals surface area contributed by atoms with Crippen LogP contribution in [0.4, 0.5) is 17.3 Å². The van der Waals surface area contributed by atoms with E-state index in [1.165, 1.54) is 0 Å². The third-order valence-corrected chi connectivity index (χ3v) is 2.71. The Morgan fingerprint density at radius 2 is 2.05 bits per heavy atom. The van der Waals surface area contributed by atoms with Crippen LogP contribution in [0.2, 0.25) is 0 Å². The predicted octanol–water partition coefficient (Wildman–Crippen LogP) is 2.46. The van der Waals surface area contributed by atoms with E-state index in [0.717, 1.165) is 11.5 Å². The minimum atomic E-state index is 0.601. The van der Waals surface area contributed by atoms with Crippen LogP contribution in [0.25, 0.3) is 0 Å². The molecular formula is C15H17N5O. The molecule has 0 fully saturated rings. The monoisotopic (exact) mass is 283 g/mol. The van der Waals surface area contributed by atoms with Crippen LogP contribution in [0, 0.1) is 18.3 Å². The molecule has 0 atom stereocenters. The lowest BCUT2D eigenvalue weighted by atomic mass is 10.2. The summed E-state index contributed by atoms with van der Waals surface area (Å²) in [6.45, 7) is 3.12. The molecule has 0 bridgehead atoms. The molecule has 0 unspecified atom stereocenters. The van der Waals surface area contributed by atoms with E-state index in [4.69, 9.17) is 10.00 Å². The van der Waals surface area contributed by atoms with Crippen LogP contribution in [0.5, 0.6) is 0 Å². The molecule has 1 aromatic heterocycles. The highest BCUT2D eigenvalue weighted by Crippen LogP contribution is 2.18. The van der Waals surface area contributed by atoms with Gasteiger partial charge in [-0.05, 0) is 25.1 Å². The number of hydrogen-bond acceptors (Lipinski definition) is 6. The van der Waals surface area contributed by atoms with Crippen molar-refractivity contribution in [1.29, 1.82) is 5.26 Å². The number of ether oxygens (including phenoxy) is 1. The molecule has 0 spiro atoms. The molecule has 6 nitrogen and oxygen atoms in total. The molecule has 21 heavy (non-hydrogen) atoms. The fourth-order valence-corrected chi connectivity index (χ4v) is 1.82. The highest BCUT2D eigenvalue weighted by Gasteiger charge is 2.03. The zero-order chi connectivity index (χ0) is 15.1. The van der Waals surface area contributed by atoms with Gasteiger partial charge >= 0.3 is 0 Å². The summed E-state index contributed by atoms with van der Waals surface area (Å²) in [7, 11) is 1.65. The molecule has 2 aromatic rings. The van der Waals surface area contributed by atoms with Crippen LogP contribution in [-0.2, 0) is 4.74 Å². The Balaban J connectivity index is 2.13. The van der Waals surface area contributed by atoms with Crippen LogP contribution in [-0.4, -0.2) is 30.2 Å². The van der Waals surface area contributed by atoms with Crippen molar-refractivity contribution in [2.75, 3.05) is 30.9 Å². The fourth-order valence-electron chi connectivity index (χ4n) is 1.82. The van der Waals surface area contributed by atoms with E-state index < -0.39 is 0 Å². The Labute approximate surface area is 123 Å². The molecule has 0 saturated heterocycles. The molecule has 0 amide bonds. The quantitative estimate of drug-likeness (QED) is 0.792. The third kappa shape index (κ3) is 4.44. The van der Waals surface area contributed by atoms with Gasteiger partial charge in [0, 0.05) is 25.4 Å². The second-order valence-corrected chi connectivity index (χ2v) is 4.42. The van der Waals surface area contributed by atoms with Gasteiger partial charge in [0.05, 0.1) is 18.2 Å². The van der Waals surface area contributed by atoms with Crippen molar-refractivity contribution in [3.8, 4) is 6.07 Å². The van der Waals surface area contributed by atoms with Crippen LogP contribution in [0.1, 0.15) is 11.4 Å². The molecule has 0 aliphatic rings. The Morgan fingerprint density at radius 1 is 1.24 bits per heavy atom. The molecule has 0 saturated carbocycles. The summed E-state index contributed by atoms with van der Waals surface area (Å²) < 4.78 is 4.99. The van der Waals surface area contributed by atoms with Gasteiger partial charge in [0.15, 0.2) is 0 Å². The lowest BCUT2D eigenvalue weighted by molar-refractivity contribution is 0.210. The summed E-state index contributed by atoms with van der Waals surface area (Å²) in [5.74, 6) is 2.08. The van der Waals surface area contributed by atoms with Crippen molar-refractivity contribution >= 4 is 17.3 Å². The molecule has 2 rings (SSSR count). The summed E-state index contributed by atoms with van der Waals surface area (Å²) in [6, 6.07) is 11.2. The van der Waals surface area contributed by atoms with Gasteiger partial charge in [-0.15, -0.1) is 0 Å². The summed E-state index contributed by atoms with van der Waals surface area (Å²) in [4.78, 5) is 8.65. The standard InChI is InChI=1S/C15H17N5O/c1-11-18-14(17-6-7-21-2)9-15(19-11)20-13-5-3-4-12(8-13)10-16/h3-5,8-9H,6-7H2,1-2H3,(H2,17,18,19,20). The summed E-state index contributed by atoms with van der Waals surface area (Å²) in [5.41, 5.74) is 1.42. The van der Waals surface area contributed by atoms with Gasteiger partial charge in [0.1, 0.15) is 17.5 Å². The van der Waals surface area contributed by atoms with Crippen LogP contribution < -0.4 is 10.6 Å². The Morgan fingerprint density at radius 3 is 2.81 bits per heavy atom. The van der Waals surface area contributed by atoms with E-state index >= 15 is 0 Å². The number of hydrogen-bond donors (Lipinski definition) is 2. The number of benzene rings is 1. The first-order valence-electron chi connectivity index (χ1n) is 6.57. The number of nitrogens with zero attached hydrogens (tertiary/aromatic N) is 3. The minimum absolute atomic E-state index is 0.601. The average Bonchev–Trinajstić information content (AvgIpc) is 2.47. The molecule has 6 heteroatoms. The van der Waals surface area contributed by atoms with Crippen molar-refractivity contribution in [1.82, 2.24) is 9.97 Å². The first-order chi connectivity index (χ1) is 10.2. The molecule has 2 N–H and O–H groups in total. The van der Waals surface area contributed by atoms with Crippen molar-refractivity contribution in [3.05, 3.63) is 41.7 Å². The minimum Gasteiger partial charge on any atom is -0.383 e. The Bertz CT molecular complexity index is 651. The number of aryl methyl sites for hydroxylation is 1. The van der Waals surface area contributed by atoms with Crippen molar-refractivity contribution in [2.24, 2.45) is 0 Å². The number of aromatic nitrogens is 2. The summed E-state index contributed by atoms with van der Waals surface area (Å²) in [5, 5.41) is 15.3. The Kier molecular flexibility index (Phi) is 5.07. The maximum absolute atomic E-state index is 8.91. The van der Waals surface area contributed by atoms with Crippen LogP contribution >= 0.6 is 0 Å². The van der Waals surface area contributed by atoms with Gasteiger partial charge in [-0.3, -0.25) is 0 Å². The van der Waals surface area contributed by atoms with E-state index in [9.17, 15) is 0 Å². The fraction of sp³-hybridized carbons (Fsp3) is 0.267. The lowest BCUT2D eigenvalue weighted by Gasteiger charge is -2.10. The molecule has 1 heterocycles. The normalized spacial score (nSPS) is 9.95. The van der Waals surface area contributed by atoms with Gasteiger partial charge in [-0.1, -0.05) is 6.07 Å². The van der Waals surface area contributed by atoms with E-state index in [2.05, 4.69) is 26.7 Å². The summed E-state index contributed by atoms with van der Waals surface area (Å²) >= 11 is 0. The number of rotatable bonds is 6. The molecule has 108 valence electrons. The predicted molar refractivity (Wildman–Crippen MR) is 81.6 cm³/mol. The van der Waals surface area contributed by atoms with Gasteiger partial charge in [-0.25, -0.2) is 9.97 Å². The van der Waals surface area contributed by atoms with E-state index in [1.54, 1.807) is 19.2 Å². The summed E-state index contributed by atoms with van der Waals surface area (Å²) in [6.07, 6.45) is 0. The molecule has 0 aliphatic carbocycles. The first kappa shape index (κ1) is 14.8. The average molecular weight is 283 g/mol. The zero-order valence-electron chi connectivity index (χ0n) is 12.1. The van der Waals surface area contributed by atoms with E-state index in [-0.39, 0.29) is 0 Å². The van der Waals surface area contributed by atoms with Gasteiger partial charge in [0.25, 0.3) is 0 Å².